The number of hydrogen-bond acceptors (Lipinski definition) is 3. The average molecular weight is 297 g/mol. The van der Waals surface area contributed by atoms with Gasteiger partial charge in [-0.25, -0.2) is 0 Å². The smallest absolute Gasteiger partial charge is 0.309 e. The van der Waals surface area contributed by atoms with Crippen LogP contribution in [0.15, 0.2) is 30.3 Å². The summed E-state index contributed by atoms with van der Waals surface area (Å²) in [4.78, 5) is 15.0. The quantitative estimate of drug-likeness (QED) is 0.911. The predicted octanol–water partition coefficient (Wildman–Crippen LogP) is 3.26. The summed E-state index contributed by atoms with van der Waals surface area (Å²) >= 11 is 11.8. The van der Waals surface area contributed by atoms with Gasteiger partial charge in [0.1, 0.15) is 0 Å². The molecule has 6 heteroatoms. The molecule has 1 aromatic heterocycles. The third-order valence-electron chi connectivity index (χ3n) is 2.54. The molecule has 2 rings (SSSR count). The van der Waals surface area contributed by atoms with Gasteiger partial charge < -0.3 is 10.8 Å². The van der Waals surface area contributed by atoms with E-state index in [1.807, 2.05) is 0 Å². The fourth-order valence-corrected chi connectivity index (χ4v) is 1.91. The molecule has 0 atom stereocenters. The Balaban J connectivity index is 2.44. The zero-order valence-electron chi connectivity index (χ0n) is 9.73. The van der Waals surface area contributed by atoms with Crippen molar-refractivity contribution >= 4 is 34.9 Å². The highest BCUT2D eigenvalue weighted by atomic mass is 35.5. The van der Waals surface area contributed by atoms with Gasteiger partial charge in [0.25, 0.3) is 0 Å². The highest BCUT2D eigenvalue weighted by Crippen LogP contribution is 2.28. The number of hydrogen-bond donors (Lipinski definition) is 2. The van der Waals surface area contributed by atoms with Gasteiger partial charge in [-0.3, -0.25) is 9.78 Å². The molecule has 0 amide bonds. The molecule has 2 aromatic rings. The van der Waals surface area contributed by atoms with E-state index in [1.54, 1.807) is 30.3 Å². The molecular formula is C13H10Cl2N2O2. The van der Waals surface area contributed by atoms with Crippen molar-refractivity contribution < 1.29 is 9.90 Å². The highest BCUT2D eigenvalue weighted by Gasteiger charge is 2.09. The zero-order valence-corrected chi connectivity index (χ0v) is 11.2. The molecule has 0 aliphatic rings. The van der Waals surface area contributed by atoms with E-state index in [2.05, 4.69) is 4.98 Å². The van der Waals surface area contributed by atoms with Crippen LogP contribution in [0, 0.1) is 0 Å². The molecule has 0 radical (unpaired) electrons. The zero-order chi connectivity index (χ0) is 14.0. The van der Waals surface area contributed by atoms with Gasteiger partial charge in [-0.05, 0) is 24.3 Å². The van der Waals surface area contributed by atoms with Gasteiger partial charge in [0.15, 0.2) is 0 Å². The van der Waals surface area contributed by atoms with E-state index < -0.39 is 5.97 Å². The Bertz CT molecular complexity index is 645. The maximum atomic E-state index is 10.7. The molecular weight excluding hydrogens is 287 g/mol. The SMILES string of the molecule is Nc1ccc(-c2ccc(Cl)c(Cl)c2)nc1CC(=O)O. The van der Waals surface area contributed by atoms with Crippen LogP contribution in [-0.2, 0) is 11.2 Å². The number of nitrogens with zero attached hydrogens (tertiary/aromatic N) is 1. The van der Waals surface area contributed by atoms with Gasteiger partial charge in [-0.2, -0.15) is 0 Å². The van der Waals surface area contributed by atoms with Crippen LogP contribution in [0.5, 0.6) is 0 Å². The first-order chi connectivity index (χ1) is 8.97. The van der Waals surface area contributed by atoms with Crippen LogP contribution in [0.1, 0.15) is 5.69 Å². The number of pyridine rings is 1. The van der Waals surface area contributed by atoms with E-state index >= 15 is 0 Å². The Morgan fingerprint density at radius 2 is 1.95 bits per heavy atom. The van der Waals surface area contributed by atoms with Crippen molar-refractivity contribution in [2.24, 2.45) is 0 Å². The summed E-state index contributed by atoms with van der Waals surface area (Å²) in [5.74, 6) is -0.981. The van der Waals surface area contributed by atoms with E-state index in [0.717, 1.165) is 5.56 Å². The number of aliphatic carboxylic acids is 1. The number of nitrogen functional groups attached to an aromatic ring is 1. The standard InChI is InChI=1S/C13H10Cl2N2O2/c14-8-2-1-7(5-9(8)15)11-4-3-10(16)12(17-11)6-13(18)19/h1-5H,6,16H2,(H,18,19). The number of nitrogens with two attached hydrogens (primary N) is 1. The van der Waals surface area contributed by atoms with Crippen molar-refractivity contribution in [1.82, 2.24) is 4.98 Å². The number of carboxylic acid groups (broad SMARTS) is 1. The van der Waals surface area contributed by atoms with Gasteiger partial charge in [-0.15, -0.1) is 0 Å². The molecule has 4 nitrogen and oxygen atoms in total. The second-order valence-electron chi connectivity index (χ2n) is 3.93. The molecule has 1 heterocycles. The summed E-state index contributed by atoms with van der Waals surface area (Å²) < 4.78 is 0. The van der Waals surface area contributed by atoms with E-state index in [9.17, 15) is 4.79 Å². The molecule has 1 aromatic carbocycles. The molecule has 3 N–H and O–H groups in total. The summed E-state index contributed by atoms with van der Waals surface area (Å²) in [5, 5.41) is 9.66. The second-order valence-corrected chi connectivity index (χ2v) is 4.75. The van der Waals surface area contributed by atoms with Crippen LogP contribution in [0.2, 0.25) is 10.0 Å². The number of benzene rings is 1. The van der Waals surface area contributed by atoms with E-state index in [4.69, 9.17) is 34.0 Å². The van der Waals surface area contributed by atoms with Crippen LogP contribution < -0.4 is 5.73 Å². The Kier molecular flexibility index (Phi) is 3.93. The van der Waals surface area contributed by atoms with Crippen molar-refractivity contribution in [1.29, 1.82) is 0 Å². The Hall–Kier alpha value is -1.78. The second kappa shape index (κ2) is 5.47. The fourth-order valence-electron chi connectivity index (χ4n) is 1.61. The minimum absolute atomic E-state index is 0.221. The summed E-state index contributed by atoms with van der Waals surface area (Å²) in [6, 6.07) is 8.43. The lowest BCUT2D eigenvalue weighted by atomic mass is 10.1. The summed E-state index contributed by atoms with van der Waals surface area (Å²) in [7, 11) is 0. The van der Waals surface area contributed by atoms with E-state index in [1.165, 1.54) is 0 Å². The van der Waals surface area contributed by atoms with Gasteiger partial charge in [0.2, 0.25) is 0 Å². The first-order valence-electron chi connectivity index (χ1n) is 5.40. The Labute approximate surface area is 119 Å². The lowest BCUT2D eigenvalue weighted by molar-refractivity contribution is -0.136. The molecule has 0 fully saturated rings. The molecule has 19 heavy (non-hydrogen) atoms. The molecule has 0 aliphatic heterocycles. The summed E-state index contributed by atoms with van der Waals surface area (Å²) in [5.41, 5.74) is 7.73. The number of anilines is 1. The van der Waals surface area contributed by atoms with Crippen LogP contribution in [0.3, 0.4) is 0 Å². The van der Waals surface area contributed by atoms with E-state index in [-0.39, 0.29) is 6.42 Å². The predicted molar refractivity (Wildman–Crippen MR) is 75.4 cm³/mol. The van der Waals surface area contributed by atoms with Crippen LogP contribution in [0.4, 0.5) is 5.69 Å². The summed E-state index contributed by atoms with van der Waals surface area (Å²) in [6.45, 7) is 0. The fraction of sp³-hybridized carbons (Fsp3) is 0.0769. The molecule has 0 bridgehead atoms. The minimum atomic E-state index is -0.981. The lowest BCUT2D eigenvalue weighted by Crippen LogP contribution is -2.06. The van der Waals surface area contributed by atoms with Crippen LogP contribution in [0.25, 0.3) is 11.3 Å². The molecule has 0 saturated carbocycles. The number of carboxylic acids is 1. The number of carbonyl (C=O) groups is 1. The number of halogens is 2. The minimum Gasteiger partial charge on any atom is -0.481 e. The van der Waals surface area contributed by atoms with Crippen molar-refractivity contribution in [3.05, 3.63) is 46.1 Å². The molecule has 0 aliphatic carbocycles. The molecule has 0 spiro atoms. The molecule has 98 valence electrons. The third-order valence-corrected chi connectivity index (χ3v) is 3.28. The Morgan fingerprint density at radius 1 is 1.21 bits per heavy atom. The largest absolute Gasteiger partial charge is 0.481 e. The van der Waals surface area contributed by atoms with Gasteiger partial charge in [-0.1, -0.05) is 29.3 Å². The first-order valence-corrected chi connectivity index (χ1v) is 6.15. The van der Waals surface area contributed by atoms with Crippen molar-refractivity contribution in [3.8, 4) is 11.3 Å². The number of aromatic nitrogens is 1. The molecule has 0 saturated heterocycles. The van der Waals surface area contributed by atoms with Crippen LogP contribution in [-0.4, -0.2) is 16.1 Å². The van der Waals surface area contributed by atoms with Gasteiger partial charge in [0.05, 0.1) is 33.5 Å². The topological polar surface area (TPSA) is 76.2 Å². The maximum Gasteiger partial charge on any atom is 0.309 e. The van der Waals surface area contributed by atoms with Crippen LogP contribution >= 0.6 is 23.2 Å². The maximum absolute atomic E-state index is 10.7. The first kappa shape index (κ1) is 13.6. The Morgan fingerprint density at radius 3 is 2.58 bits per heavy atom. The highest BCUT2D eigenvalue weighted by molar-refractivity contribution is 6.42. The lowest BCUT2D eigenvalue weighted by Gasteiger charge is -2.07. The van der Waals surface area contributed by atoms with Gasteiger partial charge >= 0.3 is 5.97 Å². The normalized spacial score (nSPS) is 10.4. The van der Waals surface area contributed by atoms with Gasteiger partial charge in [0, 0.05) is 5.56 Å². The molecule has 0 unspecified atom stereocenters. The van der Waals surface area contributed by atoms with Crippen molar-refractivity contribution in [2.75, 3.05) is 5.73 Å². The van der Waals surface area contributed by atoms with Crippen molar-refractivity contribution in [3.63, 3.8) is 0 Å². The van der Waals surface area contributed by atoms with Crippen molar-refractivity contribution in [2.45, 2.75) is 6.42 Å². The van der Waals surface area contributed by atoms with E-state index in [0.29, 0.717) is 27.1 Å². The average Bonchev–Trinajstić information content (AvgIpc) is 2.35. The number of rotatable bonds is 3. The monoisotopic (exact) mass is 296 g/mol. The summed E-state index contributed by atoms with van der Waals surface area (Å²) in [6.07, 6.45) is -0.221. The third kappa shape index (κ3) is 3.16.